The summed E-state index contributed by atoms with van der Waals surface area (Å²) < 4.78 is 0. The zero-order valence-corrected chi connectivity index (χ0v) is 15.1. The summed E-state index contributed by atoms with van der Waals surface area (Å²) in [5.41, 5.74) is 0. The Kier molecular flexibility index (Phi) is 16.6. The number of nitrogens with zero attached hydrogens (tertiary/aromatic N) is 1. The van der Waals surface area contributed by atoms with Crippen LogP contribution in [0.25, 0.3) is 0 Å². The van der Waals surface area contributed by atoms with E-state index in [2.05, 4.69) is 18.7 Å². The summed E-state index contributed by atoms with van der Waals surface area (Å²) in [5.74, 6) is 0. The van der Waals surface area contributed by atoms with Gasteiger partial charge in [0.15, 0.2) is 0 Å². The zero-order valence-electron chi connectivity index (χ0n) is 15.1. The molecule has 0 aliphatic rings. The number of rotatable bonds is 17. The first-order valence-electron chi connectivity index (χ1n) is 9.54. The normalized spacial score (nSPS) is 12.7. The quantitative estimate of drug-likeness (QED) is 0.316. The van der Waals surface area contributed by atoms with Crippen LogP contribution in [0.5, 0.6) is 0 Å². The molecule has 3 nitrogen and oxygen atoms in total. The molecule has 0 aromatic heterocycles. The Labute approximate surface area is 138 Å². The van der Waals surface area contributed by atoms with E-state index in [0.29, 0.717) is 12.5 Å². The van der Waals surface area contributed by atoms with Crippen molar-refractivity contribution in [1.29, 1.82) is 0 Å². The van der Waals surface area contributed by atoms with Crippen LogP contribution in [0.15, 0.2) is 0 Å². The molecule has 0 aliphatic carbocycles. The van der Waals surface area contributed by atoms with E-state index in [-0.39, 0.29) is 6.61 Å². The molecule has 3 heteroatoms. The van der Waals surface area contributed by atoms with E-state index in [0.717, 1.165) is 25.8 Å². The van der Waals surface area contributed by atoms with Crippen molar-refractivity contribution in [3.8, 4) is 0 Å². The van der Waals surface area contributed by atoms with Crippen molar-refractivity contribution in [1.82, 2.24) is 4.90 Å². The summed E-state index contributed by atoms with van der Waals surface area (Å²) in [4.78, 5) is 12.7. The number of hydrogen-bond acceptors (Lipinski definition) is 3. The molecule has 0 spiro atoms. The molecule has 0 aromatic rings. The van der Waals surface area contributed by atoms with Gasteiger partial charge in [-0.15, -0.1) is 0 Å². The predicted octanol–water partition coefficient (Wildman–Crippen LogP) is 4.57. The molecule has 0 amide bonds. The smallest absolute Gasteiger partial charge is 0.119 e. The number of aliphatic hydroxyl groups is 1. The van der Waals surface area contributed by atoms with Gasteiger partial charge in [-0.25, -0.2) is 0 Å². The Morgan fingerprint density at radius 3 is 2.23 bits per heavy atom. The number of aldehydes is 1. The molecular weight excluding hydrogens is 274 g/mol. The fourth-order valence-corrected chi connectivity index (χ4v) is 2.98. The van der Waals surface area contributed by atoms with E-state index in [4.69, 9.17) is 0 Å². The van der Waals surface area contributed by atoms with Crippen molar-refractivity contribution >= 4 is 6.29 Å². The average molecular weight is 314 g/mol. The minimum Gasteiger partial charge on any atom is -0.395 e. The Hall–Kier alpha value is -0.410. The maximum atomic E-state index is 10.2. The number of carbonyl (C=O) groups excluding carboxylic acids is 1. The molecule has 1 unspecified atom stereocenters. The molecule has 0 aromatic carbocycles. The first-order chi connectivity index (χ1) is 10.8. The molecule has 0 bridgehead atoms. The van der Waals surface area contributed by atoms with Crippen molar-refractivity contribution in [2.24, 2.45) is 0 Å². The second-order valence-electron chi connectivity index (χ2n) is 6.53. The average Bonchev–Trinajstić information content (AvgIpc) is 2.52. The molecule has 0 saturated heterocycles. The van der Waals surface area contributed by atoms with Crippen molar-refractivity contribution in [3.05, 3.63) is 0 Å². The number of hydrogen-bond donors (Lipinski definition) is 1. The first kappa shape index (κ1) is 21.6. The molecule has 1 N–H and O–H groups in total. The topological polar surface area (TPSA) is 40.5 Å². The van der Waals surface area contributed by atoms with Gasteiger partial charge in [-0.2, -0.15) is 0 Å². The fourth-order valence-electron chi connectivity index (χ4n) is 2.98. The highest BCUT2D eigenvalue weighted by atomic mass is 16.3. The third kappa shape index (κ3) is 13.3. The second-order valence-corrected chi connectivity index (χ2v) is 6.53. The van der Waals surface area contributed by atoms with Crippen LogP contribution in [0.4, 0.5) is 0 Å². The highest BCUT2D eigenvalue weighted by Crippen LogP contribution is 2.13. The molecule has 132 valence electrons. The van der Waals surface area contributed by atoms with Gasteiger partial charge in [0.05, 0.1) is 6.61 Å². The van der Waals surface area contributed by atoms with Gasteiger partial charge >= 0.3 is 0 Å². The van der Waals surface area contributed by atoms with Gasteiger partial charge in [0.1, 0.15) is 6.29 Å². The highest BCUT2D eigenvalue weighted by molar-refractivity contribution is 5.48. The van der Waals surface area contributed by atoms with E-state index < -0.39 is 0 Å². The van der Waals surface area contributed by atoms with Crippen LogP contribution in [0.3, 0.4) is 0 Å². The largest absolute Gasteiger partial charge is 0.395 e. The Bertz CT molecular complexity index is 233. The maximum absolute atomic E-state index is 10.2. The Balaban J connectivity index is 3.71. The van der Waals surface area contributed by atoms with Crippen molar-refractivity contribution in [2.75, 3.05) is 19.7 Å². The van der Waals surface area contributed by atoms with Crippen LogP contribution in [-0.4, -0.2) is 42.0 Å². The van der Waals surface area contributed by atoms with Gasteiger partial charge in [-0.3, -0.25) is 4.90 Å². The minimum absolute atomic E-state index is 0.263. The lowest BCUT2D eigenvalue weighted by molar-refractivity contribution is -0.107. The summed E-state index contributed by atoms with van der Waals surface area (Å²) in [5, 5.41) is 9.25. The molecule has 0 rings (SSSR count). The SMILES string of the molecule is CCCCCCCC(C)N(CCO)CCCCCCCC=O. The summed E-state index contributed by atoms with van der Waals surface area (Å²) >= 11 is 0. The summed E-state index contributed by atoms with van der Waals surface area (Å²) in [6.07, 6.45) is 15.6. The van der Waals surface area contributed by atoms with E-state index in [9.17, 15) is 9.90 Å². The van der Waals surface area contributed by atoms with Crippen molar-refractivity contribution in [2.45, 2.75) is 96.9 Å². The van der Waals surface area contributed by atoms with Gasteiger partial charge in [0, 0.05) is 19.0 Å². The van der Waals surface area contributed by atoms with Crippen LogP contribution >= 0.6 is 0 Å². The monoisotopic (exact) mass is 313 g/mol. The number of unbranched alkanes of at least 4 members (excludes halogenated alkanes) is 9. The van der Waals surface area contributed by atoms with Crippen LogP contribution in [0, 0.1) is 0 Å². The third-order valence-electron chi connectivity index (χ3n) is 4.50. The van der Waals surface area contributed by atoms with Crippen molar-refractivity contribution < 1.29 is 9.90 Å². The van der Waals surface area contributed by atoms with E-state index in [1.807, 2.05) is 0 Å². The molecule has 0 aliphatic heterocycles. The van der Waals surface area contributed by atoms with E-state index in [1.54, 1.807) is 0 Å². The summed E-state index contributed by atoms with van der Waals surface area (Å²) in [6, 6.07) is 0.587. The Morgan fingerprint density at radius 1 is 0.909 bits per heavy atom. The number of aliphatic hydroxyl groups excluding tert-OH is 1. The molecule has 0 saturated carbocycles. The summed E-state index contributed by atoms with van der Waals surface area (Å²) in [6.45, 7) is 6.73. The zero-order chi connectivity index (χ0) is 16.5. The van der Waals surface area contributed by atoms with E-state index >= 15 is 0 Å². The van der Waals surface area contributed by atoms with Gasteiger partial charge in [-0.05, 0) is 32.7 Å². The van der Waals surface area contributed by atoms with Crippen molar-refractivity contribution in [3.63, 3.8) is 0 Å². The Morgan fingerprint density at radius 2 is 1.55 bits per heavy atom. The van der Waals surface area contributed by atoms with Crippen LogP contribution < -0.4 is 0 Å². The van der Waals surface area contributed by atoms with Crippen LogP contribution in [0.1, 0.15) is 90.9 Å². The standard InChI is InChI=1S/C19H39NO2/c1-3-4-5-8-11-14-19(2)20(16-18-22)15-12-9-6-7-10-13-17-21/h17,19,22H,3-16,18H2,1-2H3. The van der Waals surface area contributed by atoms with Crippen LogP contribution in [0.2, 0.25) is 0 Å². The molecule has 1 atom stereocenters. The molecule has 22 heavy (non-hydrogen) atoms. The molecule has 0 fully saturated rings. The summed E-state index contributed by atoms with van der Waals surface area (Å²) in [7, 11) is 0. The van der Waals surface area contributed by atoms with Gasteiger partial charge < -0.3 is 9.90 Å². The van der Waals surface area contributed by atoms with Gasteiger partial charge in [-0.1, -0.05) is 58.3 Å². The lowest BCUT2D eigenvalue weighted by atomic mass is 10.1. The van der Waals surface area contributed by atoms with Gasteiger partial charge in [0.25, 0.3) is 0 Å². The molecular formula is C19H39NO2. The fraction of sp³-hybridized carbons (Fsp3) is 0.947. The molecule has 0 radical (unpaired) electrons. The maximum Gasteiger partial charge on any atom is 0.119 e. The third-order valence-corrected chi connectivity index (χ3v) is 4.50. The highest BCUT2D eigenvalue weighted by Gasteiger charge is 2.12. The lowest BCUT2D eigenvalue weighted by Crippen LogP contribution is -2.36. The predicted molar refractivity (Wildman–Crippen MR) is 95.3 cm³/mol. The first-order valence-corrected chi connectivity index (χ1v) is 9.54. The lowest BCUT2D eigenvalue weighted by Gasteiger charge is -2.28. The molecule has 0 heterocycles. The van der Waals surface area contributed by atoms with Crippen LogP contribution in [-0.2, 0) is 4.79 Å². The van der Waals surface area contributed by atoms with E-state index in [1.165, 1.54) is 64.2 Å². The number of carbonyl (C=O) groups is 1. The second kappa shape index (κ2) is 17.0. The van der Waals surface area contributed by atoms with Gasteiger partial charge in [0.2, 0.25) is 0 Å². The minimum atomic E-state index is 0.263.